The van der Waals surface area contributed by atoms with Crippen molar-refractivity contribution in [2.24, 2.45) is 0 Å². The Kier molecular flexibility index (Phi) is 6.05. The Balaban J connectivity index is 1.42. The molecule has 2 amide bonds. The molecular formula is C24H23ClFN5O3. The van der Waals surface area contributed by atoms with Crippen molar-refractivity contribution in [3.63, 3.8) is 0 Å². The molecular weight excluding hydrogens is 461 g/mol. The number of aliphatic hydroxyl groups excluding tert-OH is 1. The number of aromatic nitrogens is 3. The minimum absolute atomic E-state index is 0.0420. The van der Waals surface area contributed by atoms with Crippen molar-refractivity contribution in [2.45, 2.75) is 38.4 Å². The first-order chi connectivity index (χ1) is 16.4. The Labute approximate surface area is 200 Å². The number of halogens is 2. The molecule has 10 heteroatoms. The molecule has 0 saturated carbocycles. The molecule has 0 bridgehead atoms. The zero-order valence-electron chi connectivity index (χ0n) is 18.3. The summed E-state index contributed by atoms with van der Waals surface area (Å²) < 4.78 is 16.1. The van der Waals surface area contributed by atoms with Gasteiger partial charge in [-0.25, -0.2) is 9.37 Å². The highest BCUT2D eigenvalue weighted by Gasteiger charge is 2.29. The number of nitrogens with one attached hydrogen (secondary N) is 1. The van der Waals surface area contributed by atoms with Crippen molar-refractivity contribution < 1.29 is 19.1 Å². The van der Waals surface area contributed by atoms with Crippen molar-refractivity contribution in [3.8, 4) is 11.3 Å². The van der Waals surface area contributed by atoms with Gasteiger partial charge in [0.25, 0.3) is 5.91 Å². The maximum Gasteiger partial charge on any atom is 0.253 e. The lowest BCUT2D eigenvalue weighted by molar-refractivity contribution is -0.133. The van der Waals surface area contributed by atoms with Gasteiger partial charge in [-0.2, -0.15) is 5.10 Å². The second kappa shape index (κ2) is 9.15. The SMILES string of the molecule is O=C1NCc2nc(-c3c(F)cccc3Cl)cc(Cc3cnn(CC(=O)N4CCC[C@H]4CO)c3)c21. The van der Waals surface area contributed by atoms with Gasteiger partial charge in [-0.15, -0.1) is 0 Å². The van der Waals surface area contributed by atoms with E-state index in [1.54, 1.807) is 34.1 Å². The minimum Gasteiger partial charge on any atom is -0.394 e. The molecule has 1 atom stereocenters. The highest BCUT2D eigenvalue weighted by atomic mass is 35.5. The number of pyridine rings is 1. The largest absolute Gasteiger partial charge is 0.394 e. The Hall–Kier alpha value is -3.30. The van der Waals surface area contributed by atoms with Crippen molar-refractivity contribution in [1.29, 1.82) is 0 Å². The molecule has 3 aromatic rings. The van der Waals surface area contributed by atoms with Gasteiger partial charge < -0.3 is 15.3 Å². The van der Waals surface area contributed by atoms with E-state index in [-0.39, 0.29) is 48.1 Å². The number of amides is 2. The molecule has 2 aromatic heterocycles. The van der Waals surface area contributed by atoms with E-state index >= 15 is 0 Å². The Morgan fingerprint density at radius 2 is 2.18 bits per heavy atom. The average molecular weight is 484 g/mol. The van der Waals surface area contributed by atoms with E-state index in [0.29, 0.717) is 35.5 Å². The fraction of sp³-hybridized carbons (Fsp3) is 0.333. The van der Waals surface area contributed by atoms with Gasteiger partial charge in [0, 0.05) is 19.2 Å². The summed E-state index contributed by atoms with van der Waals surface area (Å²) in [6.45, 7) is 0.926. The maximum absolute atomic E-state index is 14.6. The van der Waals surface area contributed by atoms with E-state index in [4.69, 9.17) is 11.6 Å². The third kappa shape index (κ3) is 4.17. The summed E-state index contributed by atoms with van der Waals surface area (Å²) in [5, 5.41) is 16.8. The van der Waals surface area contributed by atoms with Crippen LogP contribution in [0.25, 0.3) is 11.3 Å². The van der Waals surface area contributed by atoms with Crippen LogP contribution in [0.4, 0.5) is 4.39 Å². The normalized spacial score (nSPS) is 17.2. The number of hydrogen-bond donors (Lipinski definition) is 2. The van der Waals surface area contributed by atoms with Gasteiger partial charge >= 0.3 is 0 Å². The molecule has 0 radical (unpaired) electrons. The van der Waals surface area contributed by atoms with Crippen LogP contribution in [0.15, 0.2) is 36.7 Å². The van der Waals surface area contributed by atoms with Crippen LogP contribution in [0.3, 0.4) is 0 Å². The molecule has 2 N–H and O–H groups in total. The molecule has 8 nitrogen and oxygen atoms in total. The lowest BCUT2D eigenvalue weighted by Crippen LogP contribution is -2.39. The third-order valence-corrected chi connectivity index (χ3v) is 6.64. The number of likely N-dealkylation sites (tertiary alicyclic amines) is 1. The summed E-state index contributed by atoms with van der Waals surface area (Å²) in [5.41, 5.74) is 3.05. The van der Waals surface area contributed by atoms with Crippen LogP contribution in [-0.4, -0.2) is 55.8 Å². The lowest BCUT2D eigenvalue weighted by Gasteiger charge is -2.22. The summed E-state index contributed by atoms with van der Waals surface area (Å²) in [4.78, 5) is 31.3. The number of aliphatic hydroxyl groups is 1. The average Bonchev–Trinajstić information content (AvgIpc) is 3.54. The molecule has 4 heterocycles. The number of nitrogens with zero attached hydrogens (tertiary/aromatic N) is 4. The first-order valence-electron chi connectivity index (χ1n) is 11.1. The molecule has 1 fully saturated rings. The summed E-state index contributed by atoms with van der Waals surface area (Å²) in [7, 11) is 0. The molecule has 1 saturated heterocycles. The summed E-state index contributed by atoms with van der Waals surface area (Å²) in [5.74, 6) is -0.806. The molecule has 0 spiro atoms. The number of hydrogen-bond acceptors (Lipinski definition) is 5. The molecule has 5 rings (SSSR count). The minimum atomic E-state index is -0.488. The molecule has 34 heavy (non-hydrogen) atoms. The van der Waals surface area contributed by atoms with Gasteiger partial charge in [0.15, 0.2) is 0 Å². The van der Waals surface area contributed by atoms with Gasteiger partial charge in [0.1, 0.15) is 12.4 Å². The van der Waals surface area contributed by atoms with E-state index in [2.05, 4.69) is 15.4 Å². The number of carbonyl (C=O) groups excluding carboxylic acids is 2. The van der Waals surface area contributed by atoms with E-state index in [0.717, 1.165) is 18.4 Å². The standard InChI is InChI=1S/C24H23ClFN5O3/c25-17-4-1-5-18(26)23(17)19-8-15(22-20(29-19)10-27-24(22)34)7-14-9-28-30(11-14)12-21(33)31-6-2-3-16(31)13-32/h1,4-5,8-9,11,16,32H,2-3,6-7,10,12-13H2,(H,27,34)/t16-/m0/s1. The predicted molar refractivity (Wildman–Crippen MR) is 123 cm³/mol. The van der Waals surface area contributed by atoms with Gasteiger partial charge in [-0.3, -0.25) is 14.3 Å². The highest BCUT2D eigenvalue weighted by Crippen LogP contribution is 2.33. The fourth-order valence-electron chi connectivity index (χ4n) is 4.71. The van der Waals surface area contributed by atoms with Crippen molar-refractivity contribution >= 4 is 23.4 Å². The topological polar surface area (TPSA) is 100 Å². The lowest BCUT2D eigenvalue weighted by atomic mass is 9.98. The second-order valence-corrected chi connectivity index (χ2v) is 8.96. The molecule has 0 unspecified atom stereocenters. The molecule has 176 valence electrons. The van der Waals surface area contributed by atoms with Crippen LogP contribution in [0, 0.1) is 5.82 Å². The van der Waals surface area contributed by atoms with Crippen LogP contribution in [0.5, 0.6) is 0 Å². The number of benzene rings is 1. The second-order valence-electron chi connectivity index (χ2n) is 8.56. The fourth-order valence-corrected chi connectivity index (χ4v) is 4.97. The van der Waals surface area contributed by atoms with Crippen molar-refractivity contribution in [2.75, 3.05) is 13.2 Å². The van der Waals surface area contributed by atoms with Crippen LogP contribution in [-0.2, 0) is 24.3 Å². The van der Waals surface area contributed by atoms with Crippen molar-refractivity contribution in [1.82, 2.24) is 25.0 Å². The van der Waals surface area contributed by atoms with Gasteiger partial charge in [-0.05, 0) is 42.2 Å². The quantitative estimate of drug-likeness (QED) is 0.561. The first-order valence-corrected chi connectivity index (χ1v) is 11.5. The monoisotopic (exact) mass is 483 g/mol. The molecule has 2 aliphatic rings. The van der Waals surface area contributed by atoms with Crippen LogP contribution in [0.1, 0.15) is 40.0 Å². The van der Waals surface area contributed by atoms with Crippen LogP contribution < -0.4 is 5.32 Å². The number of fused-ring (bicyclic) bond motifs is 1. The van der Waals surface area contributed by atoms with Crippen LogP contribution in [0.2, 0.25) is 5.02 Å². The summed E-state index contributed by atoms with van der Waals surface area (Å²) in [6, 6.07) is 6.00. The van der Waals surface area contributed by atoms with E-state index in [1.807, 2.05) is 0 Å². The first kappa shape index (κ1) is 22.5. The van der Waals surface area contributed by atoms with Crippen LogP contribution >= 0.6 is 11.6 Å². The summed E-state index contributed by atoms with van der Waals surface area (Å²) in [6.07, 6.45) is 5.45. The van der Waals surface area contributed by atoms with Gasteiger partial charge in [0.05, 0.1) is 52.9 Å². The van der Waals surface area contributed by atoms with E-state index < -0.39 is 5.82 Å². The van der Waals surface area contributed by atoms with E-state index in [1.165, 1.54) is 12.1 Å². The number of carbonyl (C=O) groups is 2. The molecule has 2 aliphatic heterocycles. The van der Waals surface area contributed by atoms with Gasteiger partial charge in [-0.1, -0.05) is 17.7 Å². The Morgan fingerprint density at radius 3 is 2.97 bits per heavy atom. The maximum atomic E-state index is 14.6. The third-order valence-electron chi connectivity index (χ3n) is 6.33. The molecule has 1 aromatic carbocycles. The number of rotatable bonds is 6. The zero-order chi connectivity index (χ0) is 23.8. The molecule has 0 aliphatic carbocycles. The predicted octanol–water partition coefficient (Wildman–Crippen LogP) is 2.56. The van der Waals surface area contributed by atoms with Crippen molar-refractivity contribution in [3.05, 3.63) is 69.9 Å². The van der Waals surface area contributed by atoms with E-state index in [9.17, 15) is 19.1 Å². The zero-order valence-corrected chi connectivity index (χ0v) is 19.1. The van der Waals surface area contributed by atoms with Gasteiger partial charge in [0.2, 0.25) is 5.91 Å². The Bertz CT molecular complexity index is 1260. The Morgan fingerprint density at radius 1 is 1.32 bits per heavy atom. The highest BCUT2D eigenvalue weighted by molar-refractivity contribution is 6.33. The smallest absolute Gasteiger partial charge is 0.253 e. The summed E-state index contributed by atoms with van der Waals surface area (Å²) >= 11 is 6.26.